The Morgan fingerprint density at radius 1 is 0.550 bits per heavy atom. The Kier molecular flexibility index (Phi) is 29.0. The number of carbonyl (C=O) groups excluding carboxylic acids is 13. The molecule has 2 saturated heterocycles. The van der Waals surface area contributed by atoms with Crippen molar-refractivity contribution in [2.75, 3.05) is 19.7 Å². The molecule has 2 heterocycles. The van der Waals surface area contributed by atoms with Gasteiger partial charge in [0.15, 0.2) is 0 Å². The molecular formula is C49H81N14O16Se. The third-order valence-electron chi connectivity index (χ3n) is 13.5. The van der Waals surface area contributed by atoms with E-state index in [0.29, 0.717) is 38.6 Å². The number of carboxylic acid groups (broad SMARTS) is 1. The van der Waals surface area contributed by atoms with Crippen molar-refractivity contribution in [1.82, 2.24) is 52.3 Å². The second-order valence-electron chi connectivity index (χ2n) is 20.5. The number of nitrogens with two attached hydrogens (primary N) is 4. The topological polar surface area (TPSA) is 486 Å². The van der Waals surface area contributed by atoms with Gasteiger partial charge < -0.3 is 42.9 Å². The molecule has 30 nitrogen and oxygen atoms in total. The molecule has 18 N–H and O–H groups in total. The maximum atomic E-state index is 13.9. The van der Waals surface area contributed by atoms with E-state index < -0.39 is 188 Å². The Bertz CT molecular complexity index is 2280. The fourth-order valence-electron chi connectivity index (χ4n) is 8.75. The van der Waals surface area contributed by atoms with E-state index in [9.17, 15) is 77.3 Å². The van der Waals surface area contributed by atoms with Crippen LogP contribution in [0.3, 0.4) is 0 Å². The van der Waals surface area contributed by atoms with Crippen LogP contribution in [-0.2, 0) is 67.1 Å². The molecule has 2 aliphatic rings. The van der Waals surface area contributed by atoms with Gasteiger partial charge in [-0.2, -0.15) is 0 Å². The number of aliphatic hydroxyl groups is 1. The number of carboxylic acids is 1. The van der Waals surface area contributed by atoms with Gasteiger partial charge in [-0.1, -0.05) is 13.8 Å². The average molecular weight is 1200 g/mol. The summed E-state index contributed by atoms with van der Waals surface area (Å²) in [5.41, 5.74) is 21.9. The molecule has 0 aliphatic carbocycles. The Hall–Kier alpha value is -6.98. The van der Waals surface area contributed by atoms with Crippen LogP contribution in [0.5, 0.6) is 0 Å². The maximum absolute atomic E-state index is 13.9. The predicted octanol–water partition coefficient (Wildman–Crippen LogP) is -6.23. The number of nitrogens with one attached hydrogen (secondary N) is 8. The quantitative estimate of drug-likeness (QED) is 0.0267. The zero-order valence-electron chi connectivity index (χ0n) is 46.0. The fraction of sp³-hybridized carbons (Fsp3) is 0.714. The molecule has 0 aromatic heterocycles. The number of aliphatic carboxylic acids is 1. The van der Waals surface area contributed by atoms with E-state index in [1.54, 1.807) is 6.92 Å². The summed E-state index contributed by atoms with van der Waals surface area (Å²) in [6.45, 7) is 9.27. The molecule has 12 atom stereocenters. The van der Waals surface area contributed by atoms with Crippen LogP contribution in [0.4, 0.5) is 0 Å². The summed E-state index contributed by atoms with van der Waals surface area (Å²) >= 11 is 2.60. The van der Waals surface area contributed by atoms with Gasteiger partial charge in [0.2, 0.25) is 29.5 Å². The van der Waals surface area contributed by atoms with Crippen molar-refractivity contribution >= 4 is 98.8 Å². The summed E-state index contributed by atoms with van der Waals surface area (Å²) in [5.74, 6) is -13.1. The molecule has 1 radical (unpaired) electrons. The minimum atomic E-state index is -1.82. The molecule has 31 heteroatoms. The molecule has 0 aromatic carbocycles. The summed E-state index contributed by atoms with van der Waals surface area (Å²) in [6, 6.07) is -14.6. The van der Waals surface area contributed by atoms with E-state index in [0.717, 1.165) is 0 Å². The molecule has 0 saturated carbocycles. The van der Waals surface area contributed by atoms with Gasteiger partial charge in [-0.3, -0.25) is 28.8 Å². The minimum absolute atomic E-state index is 0.160. The summed E-state index contributed by atoms with van der Waals surface area (Å²) in [5, 5.41) is 38.6. The number of carbonyl (C=O) groups is 14. The average Bonchev–Trinajstić information content (AvgIpc) is 4.10. The van der Waals surface area contributed by atoms with E-state index in [-0.39, 0.29) is 36.0 Å². The van der Waals surface area contributed by atoms with Crippen LogP contribution >= 0.6 is 0 Å². The number of amides is 13. The first-order valence-electron chi connectivity index (χ1n) is 26.5. The van der Waals surface area contributed by atoms with Crippen LogP contribution < -0.4 is 65.5 Å². The molecule has 0 unspecified atom stereocenters. The first-order valence-corrected chi connectivity index (χ1v) is 27.7. The number of hydrogen-bond acceptors (Lipinski definition) is 16. The van der Waals surface area contributed by atoms with Crippen LogP contribution in [0, 0.1) is 11.8 Å². The Morgan fingerprint density at radius 2 is 0.975 bits per heavy atom. The Balaban J connectivity index is 2.15. The van der Waals surface area contributed by atoms with Gasteiger partial charge in [-0.25, -0.2) is 4.79 Å². The van der Waals surface area contributed by atoms with Crippen LogP contribution in [0.1, 0.15) is 119 Å². The van der Waals surface area contributed by atoms with E-state index in [1.165, 1.54) is 30.6 Å². The van der Waals surface area contributed by atoms with E-state index in [2.05, 4.69) is 58.5 Å². The van der Waals surface area contributed by atoms with Gasteiger partial charge in [-0.05, 0) is 44.4 Å². The summed E-state index contributed by atoms with van der Waals surface area (Å²) in [7, 11) is 0. The van der Waals surface area contributed by atoms with Gasteiger partial charge in [0.1, 0.15) is 18.1 Å². The number of nitrogens with zero attached hydrogens (tertiary/aromatic N) is 2. The van der Waals surface area contributed by atoms with Crippen molar-refractivity contribution < 1.29 is 77.3 Å². The number of rotatable bonds is 34. The number of likely N-dealkylation sites (tertiary alicyclic amines) is 2. The monoisotopic (exact) mass is 1200 g/mol. The van der Waals surface area contributed by atoms with Gasteiger partial charge >= 0.3 is 259 Å². The van der Waals surface area contributed by atoms with Gasteiger partial charge in [-0.15, -0.1) is 0 Å². The molecule has 80 heavy (non-hydrogen) atoms. The Morgan fingerprint density at radius 3 is 1.46 bits per heavy atom. The Labute approximate surface area is 471 Å². The minimum Gasteiger partial charge on any atom is -0.480 e. The van der Waals surface area contributed by atoms with E-state index >= 15 is 0 Å². The molecule has 0 bridgehead atoms. The summed E-state index contributed by atoms with van der Waals surface area (Å²) < 4.78 is 0. The van der Waals surface area contributed by atoms with Crippen LogP contribution in [0.2, 0.25) is 5.32 Å². The van der Waals surface area contributed by atoms with Crippen LogP contribution in [0.15, 0.2) is 0 Å². The molecule has 0 aromatic rings. The zero-order chi connectivity index (χ0) is 60.7. The van der Waals surface area contributed by atoms with Crippen molar-refractivity contribution in [3.8, 4) is 0 Å². The van der Waals surface area contributed by atoms with Crippen molar-refractivity contribution in [3.63, 3.8) is 0 Å². The van der Waals surface area contributed by atoms with Crippen molar-refractivity contribution in [2.24, 2.45) is 34.8 Å². The van der Waals surface area contributed by atoms with Gasteiger partial charge in [0, 0.05) is 25.9 Å². The third-order valence-corrected chi connectivity index (χ3v) is 14.2. The standard InChI is InChI=1S/C49H81N14O16Se/c1-7-24(4)38(46(75)59-31(21-64)43(72)56-28(12-15-35(51)65)41(70)58-30(49(78)79)14-17-37(53)67)61-42(71)29(13-16-36(52)66)57-44(73)32(22-80)60-40(69)26(6)54-39(68)25(5)55-45(74)33-10-8-18-62(33)48(77)34-11-9-19-63(34)47(76)27(50)20-23(2)3/h23-34,38,64H,7-22,50H2,1-6H3,(H2,51,65)(H2,52,66)(H2,53,67)(H,54,68)(H,55,74)(H,56,72)(H,57,73)(H,58,70)(H,59,75)(H,60,69)(H,61,71)(H,78,79)/t24-,25-,26-,27-,28-,29-,30-,31-,32-,33-,34-,38-/m0/s1. The van der Waals surface area contributed by atoms with Crippen molar-refractivity contribution in [2.45, 2.75) is 190 Å². The number of aliphatic hydroxyl groups excluding tert-OH is 1. The third kappa shape index (κ3) is 21.9. The second kappa shape index (κ2) is 33.6. The van der Waals surface area contributed by atoms with Crippen LogP contribution in [-0.4, -0.2) is 205 Å². The second-order valence-corrected chi connectivity index (χ2v) is 21.2. The van der Waals surface area contributed by atoms with E-state index in [1.807, 2.05) is 13.8 Å². The molecule has 2 rings (SSSR count). The fourth-order valence-corrected chi connectivity index (χ4v) is 9.24. The van der Waals surface area contributed by atoms with Gasteiger partial charge in [0.05, 0.1) is 6.04 Å². The molecule has 2 fully saturated rings. The zero-order valence-corrected chi connectivity index (χ0v) is 47.8. The van der Waals surface area contributed by atoms with Crippen LogP contribution in [0.25, 0.3) is 0 Å². The molecule has 13 amide bonds. The van der Waals surface area contributed by atoms with Crippen molar-refractivity contribution in [1.29, 1.82) is 0 Å². The smallest absolute Gasteiger partial charge is 0.480 e. The first kappa shape index (κ1) is 69.1. The summed E-state index contributed by atoms with van der Waals surface area (Å²) in [4.78, 5) is 185. The number of hydrogen-bond donors (Lipinski definition) is 14. The van der Waals surface area contributed by atoms with Crippen molar-refractivity contribution in [3.05, 3.63) is 0 Å². The number of primary amides is 3. The first-order chi connectivity index (χ1) is 37.5. The molecule has 0 spiro atoms. The SMILES string of the molecule is CC[C@H](C)[C@H](NC(=O)[C@H](CCC(N)=O)NC(=O)[C@H](C[Se])NC(=O)[C@H](C)NC(=O)[C@H](C)NC(=O)[C@@H]1CCCN1C(=O)[C@@H]1CCCN1C(=O)[C@@H](N)CC(C)C)C(=O)N[C@@H](CO)C(=O)N[C@@H](CCC(N)=O)C(=O)N[C@@H](CCC(N)=O)C(=O)O. The van der Waals surface area contributed by atoms with Gasteiger partial charge in [0.25, 0.3) is 0 Å². The molecule has 449 valence electrons. The van der Waals surface area contributed by atoms with E-state index in [4.69, 9.17) is 22.9 Å². The normalized spacial score (nSPS) is 18.7. The molecular weight excluding hydrogens is 1120 g/mol. The summed E-state index contributed by atoms with van der Waals surface area (Å²) in [6.07, 6.45) is -0.194. The molecule has 2 aliphatic heterocycles. The predicted molar refractivity (Wildman–Crippen MR) is 284 cm³/mol.